The first-order chi connectivity index (χ1) is 9.75. The molecule has 104 valence electrons. The molecule has 1 unspecified atom stereocenters. The average molecular weight is 288 g/mol. The van der Waals surface area contributed by atoms with Gasteiger partial charge in [-0.2, -0.15) is 0 Å². The van der Waals surface area contributed by atoms with Gasteiger partial charge in [-0.1, -0.05) is 6.42 Å². The summed E-state index contributed by atoms with van der Waals surface area (Å²) in [5.74, 6) is -0.396. The van der Waals surface area contributed by atoms with Crippen molar-refractivity contribution >= 4 is 17.3 Å². The molecule has 4 rings (SSSR count). The lowest BCUT2D eigenvalue weighted by atomic mass is 9.77. The molecule has 0 aromatic carbocycles. The number of hydrogen-bond donors (Lipinski definition) is 1. The Kier molecular flexibility index (Phi) is 2.70. The van der Waals surface area contributed by atoms with E-state index < -0.39 is 5.97 Å². The Morgan fingerprint density at radius 2 is 2.35 bits per heavy atom. The Morgan fingerprint density at radius 1 is 1.45 bits per heavy atom. The van der Waals surface area contributed by atoms with E-state index in [-0.39, 0.29) is 5.92 Å². The number of carboxylic acids is 1. The predicted molar refractivity (Wildman–Crippen MR) is 76.8 cm³/mol. The Bertz CT molecular complexity index is 620. The molecule has 2 aliphatic rings. The number of thiophene rings is 1. The Balaban J connectivity index is 1.71. The van der Waals surface area contributed by atoms with Gasteiger partial charge in [-0.3, -0.25) is 4.79 Å². The van der Waals surface area contributed by atoms with E-state index in [0.717, 1.165) is 25.7 Å². The van der Waals surface area contributed by atoms with Crippen LogP contribution in [0, 0.1) is 11.8 Å². The minimum atomic E-state index is -0.634. The topological polar surface area (TPSA) is 55.1 Å². The predicted octanol–water partition coefficient (Wildman–Crippen LogP) is 3.41. The Hall–Kier alpha value is -1.62. The SMILES string of the molecule is O=C(O)[C@@H]1CCCC([C@@H]2c3sccc3-c3cncn32)C1. The molecule has 0 saturated heterocycles. The number of aliphatic carboxylic acids is 1. The van der Waals surface area contributed by atoms with Crippen LogP contribution in [0.5, 0.6) is 0 Å². The van der Waals surface area contributed by atoms with E-state index in [4.69, 9.17) is 0 Å². The Labute approximate surface area is 121 Å². The highest BCUT2D eigenvalue weighted by molar-refractivity contribution is 7.10. The fourth-order valence-electron chi connectivity index (χ4n) is 3.80. The van der Waals surface area contributed by atoms with E-state index in [1.165, 1.54) is 16.1 Å². The molecule has 0 bridgehead atoms. The van der Waals surface area contributed by atoms with Crippen LogP contribution in [0.2, 0.25) is 0 Å². The number of carbonyl (C=O) groups is 1. The van der Waals surface area contributed by atoms with E-state index in [9.17, 15) is 9.90 Å². The second kappa shape index (κ2) is 4.45. The summed E-state index contributed by atoms with van der Waals surface area (Å²) >= 11 is 1.79. The average Bonchev–Trinajstić information content (AvgIpc) is 3.10. The molecule has 1 fully saturated rings. The Morgan fingerprint density at radius 3 is 3.20 bits per heavy atom. The van der Waals surface area contributed by atoms with Crippen molar-refractivity contribution in [2.24, 2.45) is 11.8 Å². The minimum absolute atomic E-state index is 0.176. The molecule has 1 aliphatic heterocycles. The van der Waals surface area contributed by atoms with Crippen LogP contribution < -0.4 is 0 Å². The molecule has 1 N–H and O–H groups in total. The van der Waals surface area contributed by atoms with Gasteiger partial charge in [0.1, 0.15) is 0 Å². The normalized spacial score (nSPS) is 28.1. The first-order valence-corrected chi connectivity index (χ1v) is 7.96. The first-order valence-electron chi connectivity index (χ1n) is 7.08. The highest BCUT2D eigenvalue weighted by Gasteiger charge is 2.39. The maximum absolute atomic E-state index is 11.3. The van der Waals surface area contributed by atoms with Crippen molar-refractivity contribution in [1.82, 2.24) is 9.55 Å². The molecule has 0 spiro atoms. The maximum Gasteiger partial charge on any atom is 0.306 e. The van der Waals surface area contributed by atoms with Gasteiger partial charge in [0.25, 0.3) is 0 Å². The lowest BCUT2D eigenvalue weighted by Crippen LogP contribution is -2.27. The molecule has 1 saturated carbocycles. The van der Waals surface area contributed by atoms with Gasteiger partial charge in [-0.25, -0.2) is 4.98 Å². The molecular weight excluding hydrogens is 272 g/mol. The van der Waals surface area contributed by atoms with Crippen molar-refractivity contribution in [1.29, 1.82) is 0 Å². The molecule has 0 amide bonds. The van der Waals surface area contributed by atoms with Crippen molar-refractivity contribution in [2.45, 2.75) is 31.7 Å². The molecule has 0 radical (unpaired) electrons. The zero-order valence-corrected chi connectivity index (χ0v) is 11.8. The van der Waals surface area contributed by atoms with Crippen LogP contribution in [0.4, 0.5) is 0 Å². The summed E-state index contributed by atoms with van der Waals surface area (Å²) in [4.78, 5) is 16.9. The summed E-state index contributed by atoms with van der Waals surface area (Å²) < 4.78 is 2.25. The van der Waals surface area contributed by atoms with Gasteiger partial charge >= 0.3 is 5.97 Å². The lowest BCUT2D eigenvalue weighted by molar-refractivity contribution is -0.143. The highest BCUT2D eigenvalue weighted by Crippen LogP contribution is 2.49. The van der Waals surface area contributed by atoms with Gasteiger partial charge in [-0.15, -0.1) is 11.3 Å². The zero-order valence-electron chi connectivity index (χ0n) is 11.0. The fraction of sp³-hybridized carbons (Fsp3) is 0.467. The van der Waals surface area contributed by atoms with Crippen molar-refractivity contribution < 1.29 is 9.90 Å². The molecule has 4 nitrogen and oxygen atoms in total. The zero-order chi connectivity index (χ0) is 13.7. The van der Waals surface area contributed by atoms with E-state index in [1.807, 2.05) is 12.5 Å². The van der Waals surface area contributed by atoms with Gasteiger partial charge in [0.05, 0.1) is 30.2 Å². The molecule has 2 aromatic heterocycles. The molecule has 20 heavy (non-hydrogen) atoms. The third kappa shape index (κ3) is 1.66. The second-order valence-corrected chi connectivity index (χ2v) is 6.74. The smallest absolute Gasteiger partial charge is 0.306 e. The summed E-state index contributed by atoms with van der Waals surface area (Å²) in [6, 6.07) is 2.45. The molecule has 5 heteroatoms. The van der Waals surface area contributed by atoms with Gasteiger partial charge < -0.3 is 9.67 Å². The minimum Gasteiger partial charge on any atom is -0.481 e. The van der Waals surface area contributed by atoms with Crippen molar-refractivity contribution in [3.8, 4) is 11.3 Å². The van der Waals surface area contributed by atoms with Crippen LogP contribution in [0.1, 0.15) is 36.6 Å². The molecule has 3 heterocycles. The van der Waals surface area contributed by atoms with Crippen LogP contribution in [-0.4, -0.2) is 20.6 Å². The summed E-state index contributed by atoms with van der Waals surface area (Å²) in [6.45, 7) is 0. The number of rotatable bonds is 2. The van der Waals surface area contributed by atoms with Gasteiger partial charge in [0.2, 0.25) is 0 Å². The first kappa shape index (κ1) is 12.1. The summed E-state index contributed by atoms with van der Waals surface area (Å²) in [6.07, 6.45) is 7.56. The summed E-state index contributed by atoms with van der Waals surface area (Å²) in [5, 5.41) is 11.4. The van der Waals surface area contributed by atoms with Gasteiger partial charge in [-0.05, 0) is 36.6 Å². The fourth-order valence-corrected chi connectivity index (χ4v) is 4.90. The summed E-state index contributed by atoms with van der Waals surface area (Å²) in [5.41, 5.74) is 2.47. The quantitative estimate of drug-likeness (QED) is 0.921. The van der Waals surface area contributed by atoms with E-state index in [2.05, 4.69) is 21.0 Å². The van der Waals surface area contributed by atoms with E-state index >= 15 is 0 Å². The number of nitrogens with zero attached hydrogens (tertiary/aromatic N) is 2. The number of aromatic nitrogens is 2. The largest absolute Gasteiger partial charge is 0.481 e. The lowest BCUT2D eigenvalue weighted by Gasteiger charge is -2.31. The monoisotopic (exact) mass is 288 g/mol. The third-order valence-electron chi connectivity index (χ3n) is 4.72. The van der Waals surface area contributed by atoms with Crippen molar-refractivity contribution in [2.75, 3.05) is 0 Å². The number of hydrogen-bond acceptors (Lipinski definition) is 3. The number of carboxylic acid groups (broad SMARTS) is 1. The molecular formula is C15H16N2O2S. The molecule has 3 atom stereocenters. The van der Waals surface area contributed by atoms with E-state index in [1.54, 1.807) is 11.3 Å². The van der Waals surface area contributed by atoms with Crippen molar-refractivity contribution in [3.63, 3.8) is 0 Å². The van der Waals surface area contributed by atoms with Crippen molar-refractivity contribution in [3.05, 3.63) is 28.8 Å². The molecule has 1 aliphatic carbocycles. The summed E-state index contributed by atoms with van der Waals surface area (Å²) in [7, 11) is 0. The maximum atomic E-state index is 11.3. The van der Waals surface area contributed by atoms with Crippen LogP contribution >= 0.6 is 11.3 Å². The second-order valence-electron chi connectivity index (χ2n) is 5.79. The van der Waals surface area contributed by atoms with Gasteiger partial charge in [0.15, 0.2) is 0 Å². The third-order valence-corrected chi connectivity index (χ3v) is 5.70. The van der Waals surface area contributed by atoms with Crippen LogP contribution in [-0.2, 0) is 4.79 Å². The van der Waals surface area contributed by atoms with Crippen LogP contribution in [0.25, 0.3) is 11.3 Å². The van der Waals surface area contributed by atoms with Crippen LogP contribution in [0.3, 0.4) is 0 Å². The highest BCUT2D eigenvalue weighted by atomic mass is 32.1. The standard InChI is InChI=1S/C15H16N2O2S/c18-15(19)10-3-1-2-9(6-10)13-14-11(4-5-20-14)12-7-16-8-17(12)13/h4-5,7-10,13H,1-3,6H2,(H,18,19)/t9?,10-,13-/m1/s1. The van der Waals surface area contributed by atoms with Gasteiger partial charge in [0, 0.05) is 10.4 Å². The van der Waals surface area contributed by atoms with Crippen LogP contribution in [0.15, 0.2) is 24.0 Å². The number of fused-ring (bicyclic) bond motifs is 3. The van der Waals surface area contributed by atoms with E-state index in [0.29, 0.717) is 12.0 Å². The number of imidazole rings is 1. The molecule has 2 aromatic rings.